The van der Waals surface area contributed by atoms with Gasteiger partial charge in [0.1, 0.15) is 6.20 Å². The van der Waals surface area contributed by atoms with E-state index in [4.69, 9.17) is 11.6 Å². The molecule has 0 aliphatic heterocycles. The summed E-state index contributed by atoms with van der Waals surface area (Å²) in [5, 5.41) is 14.8. The second-order valence-corrected chi connectivity index (χ2v) is 5.23. The highest BCUT2D eigenvalue weighted by molar-refractivity contribution is 7.99. The lowest BCUT2D eigenvalue weighted by Gasteiger charge is -2.05. The number of hydrogen-bond donors (Lipinski definition) is 1. The van der Waals surface area contributed by atoms with Crippen LogP contribution in [-0.4, -0.2) is 21.4 Å². The highest BCUT2D eigenvalue weighted by Gasteiger charge is 2.18. The van der Waals surface area contributed by atoms with Gasteiger partial charge in [-0.25, -0.2) is 4.98 Å². The Labute approximate surface area is 124 Å². The first-order valence-corrected chi connectivity index (χ1v) is 6.98. The van der Waals surface area contributed by atoms with E-state index in [2.05, 4.69) is 15.3 Å². The van der Waals surface area contributed by atoms with Crippen LogP contribution >= 0.6 is 23.4 Å². The summed E-state index contributed by atoms with van der Waals surface area (Å²) < 4.78 is 0. The van der Waals surface area contributed by atoms with Gasteiger partial charge < -0.3 is 5.32 Å². The van der Waals surface area contributed by atoms with Crippen LogP contribution in [0.15, 0.2) is 40.4 Å². The van der Waals surface area contributed by atoms with Crippen LogP contribution in [0.4, 0.5) is 11.6 Å². The quantitative estimate of drug-likeness (QED) is 0.516. The van der Waals surface area contributed by atoms with Crippen LogP contribution in [0, 0.1) is 10.1 Å². The first-order chi connectivity index (χ1) is 9.60. The molecule has 1 aromatic carbocycles. The Morgan fingerprint density at radius 3 is 2.70 bits per heavy atom. The number of nitro groups is 1. The number of halogens is 1. The van der Waals surface area contributed by atoms with Crippen molar-refractivity contribution in [2.75, 3.05) is 11.9 Å². The average Bonchev–Trinajstić information content (AvgIpc) is 2.42. The van der Waals surface area contributed by atoms with Crippen molar-refractivity contribution < 1.29 is 4.92 Å². The largest absolute Gasteiger partial charge is 0.354 e. The molecule has 0 atom stereocenters. The molecule has 1 heterocycles. The predicted molar refractivity (Wildman–Crippen MR) is 78.4 cm³/mol. The maximum absolute atomic E-state index is 11.0. The lowest BCUT2D eigenvalue weighted by molar-refractivity contribution is -0.388. The van der Waals surface area contributed by atoms with E-state index in [9.17, 15) is 10.1 Å². The highest BCUT2D eigenvalue weighted by Crippen LogP contribution is 2.33. The van der Waals surface area contributed by atoms with E-state index >= 15 is 0 Å². The van der Waals surface area contributed by atoms with Crippen LogP contribution < -0.4 is 5.32 Å². The number of rotatable bonds is 5. The van der Waals surface area contributed by atoms with Crippen molar-refractivity contribution in [2.24, 2.45) is 0 Å². The van der Waals surface area contributed by atoms with Crippen LogP contribution in [0.25, 0.3) is 0 Å². The summed E-state index contributed by atoms with van der Waals surface area (Å²) in [6, 6.07) is 7.02. The maximum atomic E-state index is 11.0. The molecule has 1 aromatic heterocycles. The molecule has 6 nitrogen and oxygen atoms in total. The molecule has 0 unspecified atom stereocenters. The third-order valence-electron chi connectivity index (χ3n) is 2.30. The summed E-state index contributed by atoms with van der Waals surface area (Å²) in [5.74, 6) is 0.370. The summed E-state index contributed by atoms with van der Waals surface area (Å²) in [7, 11) is 0. The molecule has 0 saturated heterocycles. The molecule has 20 heavy (non-hydrogen) atoms. The minimum Gasteiger partial charge on any atom is -0.354 e. The van der Waals surface area contributed by atoms with Crippen molar-refractivity contribution in [3.63, 3.8) is 0 Å². The van der Waals surface area contributed by atoms with E-state index in [1.54, 1.807) is 24.3 Å². The van der Waals surface area contributed by atoms with Crippen LogP contribution in [0.2, 0.25) is 5.02 Å². The molecule has 0 spiro atoms. The van der Waals surface area contributed by atoms with Gasteiger partial charge in [-0.05, 0) is 31.2 Å². The van der Waals surface area contributed by atoms with E-state index in [0.29, 0.717) is 22.5 Å². The Bertz CT molecular complexity index is 621. The number of nitrogens with zero attached hydrogens (tertiary/aromatic N) is 3. The van der Waals surface area contributed by atoms with Crippen molar-refractivity contribution in [1.29, 1.82) is 0 Å². The van der Waals surface area contributed by atoms with E-state index in [-0.39, 0.29) is 5.69 Å². The first kappa shape index (κ1) is 14.5. The number of hydrogen-bond acceptors (Lipinski definition) is 6. The highest BCUT2D eigenvalue weighted by atomic mass is 35.5. The number of benzene rings is 1. The Morgan fingerprint density at radius 1 is 1.40 bits per heavy atom. The predicted octanol–water partition coefficient (Wildman–Crippen LogP) is 3.62. The zero-order valence-corrected chi connectivity index (χ0v) is 12.1. The minimum atomic E-state index is -0.492. The fourth-order valence-electron chi connectivity index (χ4n) is 1.42. The van der Waals surface area contributed by atoms with E-state index in [1.807, 2.05) is 6.92 Å². The molecule has 0 aliphatic carbocycles. The van der Waals surface area contributed by atoms with E-state index < -0.39 is 4.92 Å². The van der Waals surface area contributed by atoms with Crippen molar-refractivity contribution in [2.45, 2.75) is 16.8 Å². The van der Waals surface area contributed by atoms with Gasteiger partial charge >= 0.3 is 5.69 Å². The zero-order chi connectivity index (χ0) is 14.5. The molecule has 0 bridgehead atoms. The van der Waals surface area contributed by atoms with Gasteiger partial charge in [-0.2, -0.15) is 4.98 Å². The fourth-order valence-corrected chi connectivity index (χ4v) is 2.40. The number of nitrogens with one attached hydrogen (secondary N) is 1. The normalized spacial score (nSPS) is 10.3. The third kappa shape index (κ3) is 3.58. The van der Waals surface area contributed by atoms with E-state index in [1.165, 1.54) is 18.0 Å². The summed E-state index contributed by atoms with van der Waals surface area (Å²) in [4.78, 5) is 19.4. The monoisotopic (exact) mass is 310 g/mol. The summed E-state index contributed by atoms with van der Waals surface area (Å²) in [6.07, 6.45) is 1.21. The first-order valence-electron chi connectivity index (χ1n) is 5.79. The molecule has 0 fully saturated rings. The molecule has 104 valence electrons. The van der Waals surface area contributed by atoms with Crippen molar-refractivity contribution >= 4 is 35.0 Å². The molecular formula is C12H11ClN4O2S. The molecule has 0 aliphatic rings. The van der Waals surface area contributed by atoms with Gasteiger partial charge in [-0.15, -0.1) is 0 Å². The summed E-state index contributed by atoms with van der Waals surface area (Å²) >= 11 is 7.01. The standard InChI is InChI=1S/C12H11ClN4O2S/c1-2-14-12-15-7-10(17(18)19)11(16-12)20-9-5-3-8(13)4-6-9/h3-7H,2H2,1H3,(H,14,15,16). The van der Waals surface area contributed by atoms with Crippen LogP contribution in [0.3, 0.4) is 0 Å². The second-order valence-electron chi connectivity index (χ2n) is 3.73. The average molecular weight is 311 g/mol. The third-order valence-corrected chi connectivity index (χ3v) is 3.55. The van der Waals surface area contributed by atoms with Crippen molar-refractivity contribution in [3.05, 3.63) is 45.6 Å². The number of anilines is 1. The van der Waals surface area contributed by atoms with Gasteiger partial charge in [0.2, 0.25) is 5.95 Å². The fraction of sp³-hybridized carbons (Fsp3) is 0.167. The van der Waals surface area contributed by atoms with Crippen LogP contribution in [0.1, 0.15) is 6.92 Å². The Morgan fingerprint density at radius 2 is 2.10 bits per heavy atom. The molecule has 0 saturated carbocycles. The second kappa shape index (κ2) is 6.53. The van der Waals surface area contributed by atoms with E-state index in [0.717, 1.165) is 4.90 Å². The van der Waals surface area contributed by atoms with Gasteiger partial charge in [0.15, 0.2) is 5.03 Å². The smallest absolute Gasteiger partial charge is 0.320 e. The topological polar surface area (TPSA) is 81.0 Å². The lowest BCUT2D eigenvalue weighted by Crippen LogP contribution is -2.04. The Balaban J connectivity index is 2.34. The molecular weight excluding hydrogens is 300 g/mol. The van der Waals surface area contributed by atoms with Crippen LogP contribution in [-0.2, 0) is 0 Å². The van der Waals surface area contributed by atoms with Gasteiger partial charge in [0.05, 0.1) is 4.92 Å². The molecule has 2 aromatic rings. The van der Waals surface area contributed by atoms with Gasteiger partial charge in [0, 0.05) is 16.5 Å². The SMILES string of the molecule is CCNc1ncc([N+](=O)[O-])c(Sc2ccc(Cl)cc2)n1. The Hall–Kier alpha value is -1.86. The van der Waals surface area contributed by atoms with Gasteiger partial charge in [-0.1, -0.05) is 23.4 Å². The summed E-state index contributed by atoms with van der Waals surface area (Å²) in [6.45, 7) is 2.54. The van der Waals surface area contributed by atoms with Crippen molar-refractivity contribution in [3.8, 4) is 0 Å². The van der Waals surface area contributed by atoms with Gasteiger partial charge in [-0.3, -0.25) is 10.1 Å². The molecule has 2 rings (SSSR count). The molecule has 1 N–H and O–H groups in total. The lowest BCUT2D eigenvalue weighted by atomic mass is 10.4. The minimum absolute atomic E-state index is 0.119. The zero-order valence-electron chi connectivity index (χ0n) is 10.5. The number of aromatic nitrogens is 2. The van der Waals surface area contributed by atoms with Crippen molar-refractivity contribution in [1.82, 2.24) is 9.97 Å². The Kier molecular flexibility index (Phi) is 4.75. The molecule has 0 radical (unpaired) electrons. The molecule has 8 heteroatoms. The maximum Gasteiger partial charge on any atom is 0.320 e. The summed E-state index contributed by atoms with van der Waals surface area (Å²) in [5.41, 5.74) is -0.119. The van der Waals surface area contributed by atoms with Gasteiger partial charge in [0.25, 0.3) is 0 Å². The molecule has 0 amide bonds. The van der Waals surface area contributed by atoms with Crippen LogP contribution in [0.5, 0.6) is 0 Å².